The molecule has 3 heteroatoms. The fourth-order valence-corrected chi connectivity index (χ4v) is 1.75. The Morgan fingerprint density at radius 1 is 1.38 bits per heavy atom. The van der Waals surface area contributed by atoms with Gasteiger partial charge in [0.15, 0.2) is 0 Å². The summed E-state index contributed by atoms with van der Waals surface area (Å²) in [6.45, 7) is 2.09. The van der Waals surface area contributed by atoms with E-state index in [0.717, 1.165) is 6.42 Å². The van der Waals surface area contributed by atoms with Gasteiger partial charge in [-0.05, 0) is 12.0 Å². The number of nitrogens with two attached hydrogens (primary N) is 1. The van der Waals surface area contributed by atoms with Crippen molar-refractivity contribution < 1.29 is 0 Å². The van der Waals surface area contributed by atoms with Crippen molar-refractivity contribution in [1.29, 1.82) is 0 Å². The smallest absolute Gasteiger partial charge is 0.0286 e. The Bertz CT molecular complexity index is 273. The Hall–Kier alpha value is -0.900. The van der Waals surface area contributed by atoms with Crippen LogP contribution in [0.25, 0.3) is 5.43 Å². The zero-order valence-electron chi connectivity index (χ0n) is 7.72. The van der Waals surface area contributed by atoms with Crippen molar-refractivity contribution in [2.45, 2.75) is 25.4 Å². The van der Waals surface area contributed by atoms with E-state index in [1.54, 1.807) is 5.12 Å². The van der Waals surface area contributed by atoms with Crippen LogP contribution in [0, 0.1) is 0 Å². The molecule has 1 aliphatic rings. The highest BCUT2D eigenvalue weighted by Crippen LogP contribution is 2.34. The monoisotopic (exact) mass is 176 g/mol. The van der Waals surface area contributed by atoms with Crippen molar-refractivity contribution >= 4 is 0 Å². The van der Waals surface area contributed by atoms with Crippen molar-refractivity contribution in [2.75, 3.05) is 0 Å². The molecule has 70 valence electrons. The molecule has 1 fully saturated rings. The maximum Gasteiger partial charge on any atom is 0.0286 e. The van der Waals surface area contributed by atoms with E-state index in [2.05, 4.69) is 24.5 Å². The summed E-state index contributed by atoms with van der Waals surface area (Å²) in [6, 6.07) is 10.9. The molecule has 1 aromatic carbocycles. The normalized spacial score (nSPS) is 29.4. The highest BCUT2D eigenvalue weighted by Gasteiger charge is 2.18. The summed E-state index contributed by atoms with van der Waals surface area (Å²) in [5.41, 5.74) is 5.51. The molecule has 1 heterocycles. The van der Waals surface area contributed by atoms with Gasteiger partial charge >= 0.3 is 0 Å². The fourth-order valence-electron chi connectivity index (χ4n) is 1.75. The standard InChI is InChI=1S/C10H14N3/c1-8-7-10(13(11)12-8)9-5-3-2-4-6-9/h2-6,8,10H,7,11H2,1H3/q-1/t8-,10+/m0/s1. The SMILES string of the molecule is C[C@H]1C[C@H](c2ccccc2)N(N)[N-]1. The van der Waals surface area contributed by atoms with Gasteiger partial charge in [-0.3, -0.25) is 5.84 Å². The summed E-state index contributed by atoms with van der Waals surface area (Å²) in [6.07, 6.45) is 1.01. The van der Waals surface area contributed by atoms with Crippen molar-refractivity contribution in [1.82, 2.24) is 5.12 Å². The van der Waals surface area contributed by atoms with Crippen LogP contribution in [0.2, 0.25) is 0 Å². The van der Waals surface area contributed by atoms with E-state index in [1.165, 1.54) is 5.56 Å². The highest BCUT2D eigenvalue weighted by atomic mass is 15.7. The summed E-state index contributed by atoms with van der Waals surface area (Å²) in [5.74, 6) is 5.77. The summed E-state index contributed by atoms with van der Waals surface area (Å²) < 4.78 is 0. The Morgan fingerprint density at radius 3 is 2.62 bits per heavy atom. The quantitative estimate of drug-likeness (QED) is 0.665. The summed E-state index contributed by atoms with van der Waals surface area (Å²) >= 11 is 0. The number of benzene rings is 1. The van der Waals surface area contributed by atoms with Gasteiger partial charge in [-0.15, -0.1) is 6.04 Å². The van der Waals surface area contributed by atoms with Gasteiger partial charge in [0.05, 0.1) is 0 Å². The first-order valence-corrected chi connectivity index (χ1v) is 4.57. The minimum Gasteiger partial charge on any atom is -0.577 e. The maximum atomic E-state index is 5.77. The molecule has 0 unspecified atom stereocenters. The Labute approximate surface area is 78.5 Å². The summed E-state index contributed by atoms with van der Waals surface area (Å²) in [4.78, 5) is 0. The zero-order chi connectivity index (χ0) is 9.26. The van der Waals surface area contributed by atoms with Crippen LogP contribution >= 0.6 is 0 Å². The van der Waals surface area contributed by atoms with Crippen molar-refractivity contribution in [3.8, 4) is 0 Å². The third kappa shape index (κ3) is 1.72. The molecule has 13 heavy (non-hydrogen) atoms. The molecule has 0 radical (unpaired) electrons. The van der Waals surface area contributed by atoms with Gasteiger partial charge in [-0.25, -0.2) is 0 Å². The van der Waals surface area contributed by atoms with Gasteiger partial charge in [0.25, 0.3) is 0 Å². The van der Waals surface area contributed by atoms with Gasteiger partial charge < -0.3 is 10.5 Å². The predicted molar refractivity (Wildman–Crippen MR) is 52.6 cm³/mol. The average Bonchev–Trinajstić information content (AvgIpc) is 2.47. The van der Waals surface area contributed by atoms with Gasteiger partial charge in [0.2, 0.25) is 0 Å². The first-order chi connectivity index (χ1) is 6.27. The Kier molecular flexibility index (Phi) is 2.31. The Balaban J connectivity index is 2.18. The van der Waals surface area contributed by atoms with Crippen LogP contribution in [0.15, 0.2) is 30.3 Å². The third-order valence-electron chi connectivity index (χ3n) is 2.40. The summed E-state index contributed by atoms with van der Waals surface area (Å²) in [7, 11) is 0. The molecule has 0 aliphatic carbocycles. The molecular weight excluding hydrogens is 162 g/mol. The van der Waals surface area contributed by atoms with Gasteiger partial charge in [-0.2, -0.15) is 0 Å². The molecule has 1 saturated heterocycles. The lowest BCUT2D eigenvalue weighted by Gasteiger charge is -2.30. The topological polar surface area (TPSA) is 43.4 Å². The predicted octanol–water partition coefficient (Wildman–Crippen LogP) is 1.98. The van der Waals surface area contributed by atoms with E-state index in [4.69, 9.17) is 5.84 Å². The molecule has 2 rings (SSSR count). The molecule has 1 aliphatic heterocycles. The first-order valence-electron chi connectivity index (χ1n) is 4.57. The van der Waals surface area contributed by atoms with Crippen molar-refractivity contribution in [3.63, 3.8) is 0 Å². The number of hydrogen-bond acceptors (Lipinski definition) is 2. The number of hydrazine groups is 1. The number of nitrogens with zero attached hydrogens (tertiary/aromatic N) is 2. The molecule has 0 spiro atoms. The zero-order valence-corrected chi connectivity index (χ0v) is 7.72. The average molecular weight is 176 g/mol. The van der Waals surface area contributed by atoms with Crippen LogP contribution in [-0.2, 0) is 0 Å². The molecule has 0 saturated carbocycles. The highest BCUT2D eigenvalue weighted by molar-refractivity contribution is 5.22. The lowest BCUT2D eigenvalue weighted by atomic mass is 10.0. The minimum atomic E-state index is 0.260. The number of hydrogen-bond donors (Lipinski definition) is 1. The van der Waals surface area contributed by atoms with E-state index in [0.29, 0.717) is 6.04 Å². The Morgan fingerprint density at radius 2 is 2.08 bits per heavy atom. The van der Waals surface area contributed by atoms with E-state index in [9.17, 15) is 0 Å². The molecule has 2 N–H and O–H groups in total. The second-order valence-corrected chi connectivity index (χ2v) is 3.51. The molecule has 1 aromatic rings. The van der Waals surface area contributed by atoms with Crippen LogP contribution in [0.5, 0.6) is 0 Å². The first kappa shape index (κ1) is 8.69. The largest absolute Gasteiger partial charge is 0.577 e. The molecule has 0 bridgehead atoms. The van der Waals surface area contributed by atoms with Crippen molar-refractivity contribution in [3.05, 3.63) is 41.3 Å². The maximum absolute atomic E-state index is 5.77. The molecule has 3 nitrogen and oxygen atoms in total. The van der Waals surface area contributed by atoms with E-state index >= 15 is 0 Å². The van der Waals surface area contributed by atoms with Gasteiger partial charge in [-0.1, -0.05) is 37.3 Å². The van der Waals surface area contributed by atoms with E-state index < -0.39 is 0 Å². The fraction of sp³-hybridized carbons (Fsp3) is 0.400. The van der Waals surface area contributed by atoms with Crippen LogP contribution in [0.1, 0.15) is 24.9 Å². The third-order valence-corrected chi connectivity index (χ3v) is 2.40. The van der Waals surface area contributed by atoms with E-state index in [1.807, 2.05) is 18.2 Å². The lowest BCUT2D eigenvalue weighted by molar-refractivity contribution is 0.310. The molecule has 2 atom stereocenters. The van der Waals surface area contributed by atoms with Crippen LogP contribution in [0.3, 0.4) is 0 Å². The minimum absolute atomic E-state index is 0.260. The van der Waals surface area contributed by atoms with Crippen LogP contribution in [0.4, 0.5) is 0 Å². The number of rotatable bonds is 1. The van der Waals surface area contributed by atoms with Crippen molar-refractivity contribution in [2.24, 2.45) is 5.84 Å². The summed E-state index contributed by atoms with van der Waals surface area (Å²) in [5, 5.41) is 1.58. The van der Waals surface area contributed by atoms with E-state index in [-0.39, 0.29) is 6.04 Å². The van der Waals surface area contributed by atoms with Gasteiger partial charge in [0, 0.05) is 6.04 Å². The lowest BCUT2D eigenvalue weighted by Crippen LogP contribution is -2.25. The molecular formula is C10H14N3-. The van der Waals surface area contributed by atoms with Crippen LogP contribution < -0.4 is 5.84 Å². The molecule has 0 aromatic heterocycles. The van der Waals surface area contributed by atoms with Gasteiger partial charge in [0.1, 0.15) is 0 Å². The second-order valence-electron chi connectivity index (χ2n) is 3.51. The molecule has 0 amide bonds. The second kappa shape index (κ2) is 3.46. The van der Waals surface area contributed by atoms with Crippen LogP contribution in [-0.4, -0.2) is 11.2 Å².